The zero-order valence-electron chi connectivity index (χ0n) is 6.58. The molecule has 0 radical (unpaired) electrons. The third-order valence-electron chi connectivity index (χ3n) is 1.19. The fraction of sp³-hybridized carbons (Fsp3) is 0.857. The predicted octanol–water partition coefficient (Wildman–Crippen LogP) is -0.103. The number of hydrogen-bond donors (Lipinski definition) is 2. The molecule has 1 amide bonds. The molecule has 0 aromatic carbocycles. The minimum absolute atomic E-state index is 0. The molecule has 0 aliphatic heterocycles. The lowest BCUT2D eigenvalue weighted by Crippen LogP contribution is -2.18. The van der Waals surface area contributed by atoms with E-state index in [1.165, 1.54) is 0 Å². The second-order valence-electron chi connectivity index (χ2n) is 2.30. The highest BCUT2D eigenvalue weighted by molar-refractivity contribution is 5.74. The average Bonchev–Trinajstić information content (AvgIpc) is 1.96. The van der Waals surface area contributed by atoms with Crippen molar-refractivity contribution < 1.29 is 16.1 Å². The second kappa shape index (κ2) is 7.50. The van der Waals surface area contributed by atoms with E-state index in [-0.39, 0.29) is 14.6 Å². The zero-order chi connectivity index (χ0) is 8.53. The van der Waals surface area contributed by atoms with Crippen LogP contribution in [-0.4, -0.2) is 30.8 Å². The molecule has 4 heteroatoms. The molecule has 11 heavy (non-hydrogen) atoms. The van der Waals surface area contributed by atoms with Crippen LogP contribution in [0.3, 0.4) is 0 Å². The van der Waals surface area contributed by atoms with E-state index >= 15 is 0 Å². The first-order valence-corrected chi connectivity index (χ1v) is 3.74. The highest BCUT2D eigenvalue weighted by atomic mass is 16.5. The number of amides is 1. The molecule has 0 rings (SSSR count). The van der Waals surface area contributed by atoms with Gasteiger partial charge >= 0.3 is 0 Å². The van der Waals surface area contributed by atoms with Crippen molar-refractivity contribution in [1.82, 2.24) is 0 Å². The maximum Gasteiger partial charge on any atom is 0.243 e. The topological polar surface area (TPSA) is 72.6 Å². The minimum atomic E-state index is -0.438. The van der Waals surface area contributed by atoms with Crippen molar-refractivity contribution in [3.05, 3.63) is 0 Å². The number of primary amides is 1. The summed E-state index contributed by atoms with van der Waals surface area (Å²) in [5.41, 5.74) is 4.83. The van der Waals surface area contributed by atoms with Crippen molar-refractivity contribution in [2.45, 2.75) is 19.3 Å². The first kappa shape index (κ1) is 10.4. The number of nitrogens with two attached hydrogens (primary N) is 1. The normalized spacial score (nSPS) is 9.91. The number of aliphatic hydroxyl groups excluding tert-OH is 1. The number of carbonyl (C=O) groups excluding carboxylic acids is 1. The van der Waals surface area contributed by atoms with Crippen LogP contribution in [0.4, 0.5) is 0 Å². The van der Waals surface area contributed by atoms with Gasteiger partial charge < -0.3 is 15.6 Å². The Bertz CT molecular complexity index is 111. The lowest BCUT2D eigenvalue weighted by atomic mass is 10.2. The second-order valence-corrected chi connectivity index (χ2v) is 2.30. The molecule has 0 heterocycles. The van der Waals surface area contributed by atoms with Gasteiger partial charge in [-0.1, -0.05) is 0 Å². The lowest BCUT2D eigenvalue weighted by Gasteiger charge is -1.99. The Kier molecular flexibility index (Phi) is 7.08. The van der Waals surface area contributed by atoms with Crippen LogP contribution in [0, 0.1) is 0 Å². The molecule has 0 bridgehead atoms. The summed E-state index contributed by atoms with van der Waals surface area (Å²) >= 11 is 0. The third-order valence-corrected chi connectivity index (χ3v) is 1.19. The Morgan fingerprint density at radius 2 is 2.18 bits per heavy atom. The van der Waals surface area contributed by atoms with Crippen LogP contribution < -0.4 is 5.73 Å². The summed E-state index contributed by atoms with van der Waals surface area (Å²) in [6.45, 7) is 0.762. The van der Waals surface area contributed by atoms with E-state index in [1.807, 2.05) is 0 Å². The average molecular weight is 163 g/mol. The summed E-state index contributed by atoms with van der Waals surface area (Å²) in [5.74, 6) is -0.438. The Hall–Kier alpha value is -0.610. The van der Waals surface area contributed by atoms with Crippen LogP contribution in [0.25, 0.3) is 0 Å². The number of aliphatic hydroxyl groups is 1. The first-order valence-electron chi connectivity index (χ1n) is 3.74. The van der Waals surface area contributed by atoms with Crippen molar-refractivity contribution in [1.29, 1.82) is 0 Å². The number of ether oxygens (including phenoxy) is 1. The quantitative estimate of drug-likeness (QED) is 0.515. The van der Waals surface area contributed by atoms with Gasteiger partial charge in [0, 0.05) is 14.6 Å². The van der Waals surface area contributed by atoms with Gasteiger partial charge in [0.2, 0.25) is 5.91 Å². The molecular weight excluding hydrogens is 146 g/mol. The lowest BCUT2D eigenvalue weighted by molar-refractivity contribution is -0.122. The molecular formula is C7H17NO3. The summed E-state index contributed by atoms with van der Waals surface area (Å²) in [7, 11) is 0. The summed E-state index contributed by atoms with van der Waals surface area (Å²) in [5, 5.41) is 8.40. The van der Waals surface area contributed by atoms with Crippen LogP contribution in [0.15, 0.2) is 0 Å². The van der Waals surface area contributed by atoms with Crippen LogP contribution >= 0.6 is 0 Å². The van der Waals surface area contributed by atoms with Crippen LogP contribution in [0.5, 0.6) is 0 Å². The molecule has 0 fully saturated rings. The van der Waals surface area contributed by atoms with E-state index < -0.39 is 5.91 Å². The van der Waals surface area contributed by atoms with Gasteiger partial charge in [0.15, 0.2) is 0 Å². The van der Waals surface area contributed by atoms with Crippen LogP contribution in [0.1, 0.15) is 20.7 Å². The maximum absolute atomic E-state index is 10.1. The zero-order valence-corrected chi connectivity index (χ0v) is 6.58. The van der Waals surface area contributed by atoms with Gasteiger partial charge in [-0.15, -0.1) is 0 Å². The number of hydrogen-bond acceptors (Lipinski definition) is 3. The molecule has 0 saturated carbocycles. The van der Waals surface area contributed by atoms with E-state index in [0.717, 1.165) is 19.3 Å². The Labute approximate surface area is 67.8 Å². The Balaban J connectivity index is 0. The van der Waals surface area contributed by atoms with Gasteiger partial charge in [-0.2, -0.15) is 0 Å². The molecule has 0 aromatic rings. The summed E-state index contributed by atoms with van der Waals surface area (Å²) in [6, 6.07) is 0. The fourth-order valence-electron chi connectivity index (χ4n) is 0.665. The third kappa shape index (κ3) is 9.39. The Morgan fingerprint density at radius 1 is 1.45 bits per heavy atom. The van der Waals surface area contributed by atoms with Gasteiger partial charge in [0.05, 0.1) is 0 Å². The molecule has 0 atom stereocenters. The van der Waals surface area contributed by atoms with E-state index in [4.69, 9.17) is 15.6 Å². The molecule has 3 N–H and O–H groups in total. The summed E-state index contributed by atoms with van der Waals surface area (Å²) in [6.07, 6.45) is 2.59. The van der Waals surface area contributed by atoms with Gasteiger partial charge in [-0.05, 0) is 19.3 Å². The number of carbonyl (C=O) groups is 1. The molecule has 0 spiro atoms. The van der Waals surface area contributed by atoms with Crippen molar-refractivity contribution in [3.8, 4) is 0 Å². The molecule has 68 valence electrons. The monoisotopic (exact) mass is 163 g/mol. The van der Waals surface area contributed by atoms with E-state index in [2.05, 4.69) is 0 Å². The highest BCUT2D eigenvalue weighted by Gasteiger charge is 1.92. The van der Waals surface area contributed by atoms with Crippen molar-refractivity contribution in [2.24, 2.45) is 5.73 Å². The van der Waals surface area contributed by atoms with Gasteiger partial charge in [-0.25, -0.2) is 0 Å². The van der Waals surface area contributed by atoms with Gasteiger partial charge in [0.1, 0.15) is 6.61 Å². The van der Waals surface area contributed by atoms with Crippen molar-refractivity contribution in [3.63, 3.8) is 0 Å². The minimum Gasteiger partial charge on any atom is -0.396 e. The summed E-state index contributed by atoms with van der Waals surface area (Å²) < 4.78 is 4.89. The Morgan fingerprint density at radius 3 is 2.73 bits per heavy atom. The molecule has 0 aliphatic carbocycles. The summed E-state index contributed by atoms with van der Waals surface area (Å²) in [4.78, 5) is 10.1. The van der Waals surface area contributed by atoms with Crippen LogP contribution in [-0.2, 0) is 9.53 Å². The largest absolute Gasteiger partial charge is 0.396 e. The number of rotatable bonds is 7. The molecule has 4 nitrogen and oxygen atoms in total. The number of unbranched alkanes of at least 4 members (excludes halogenated alkanes) is 2. The predicted molar refractivity (Wildman–Crippen MR) is 43.1 cm³/mol. The van der Waals surface area contributed by atoms with E-state index in [0.29, 0.717) is 6.61 Å². The van der Waals surface area contributed by atoms with Gasteiger partial charge in [0.25, 0.3) is 0 Å². The van der Waals surface area contributed by atoms with Crippen molar-refractivity contribution >= 4 is 5.91 Å². The molecule has 0 unspecified atom stereocenters. The fourth-order valence-corrected chi connectivity index (χ4v) is 0.665. The van der Waals surface area contributed by atoms with Gasteiger partial charge in [-0.3, -0.25) is 4.79 Å². The van der Waals surface area contributed by atoms with Crippen molar-refractivity contribution in [2.75, 3.05) is 19.8 Å². The standard InChI is InChI=1S/C7H15NO3.H2/c8-7(10)6-11-5-3-1-2-4-9;/h9H,1-6H2,(H2,8,10);1H. The smallest absolute Gasteiger partial charge is 0.243 e. The molecule has 0 aromatic heterocycles. The van der Waals surface area contributed by atoms with Crippen LogP contribution in [0.2, 0.25) is 0 Å². The highest BCUT2D eigenvalue weighted by Crippen LogP contribution is 1.93. The first-order chi connectivity index (χ1) is 5.27. The molecule has 0 aliphatic rings. The van der Waals surface area contributed by atoms with E-state index in [1.54, 1.807) is 0 Å². The SMILES string of the molecule is NC(=O)COCCCCCO.[HH]. The maximum atomic E-state index is 10.1. The van der Waals surface area contributed by atoms with E-state index in [9.17, 15) is 4.79 Å². The molecule has 0 saturated heterocycles.